The number of hydrogen-bond acceptors (Lipinski definition) is 4. The molecule has 1 aliphatic rings. The van der Waals surface area contributed by atoms with E-state index >= 15 is 0 Å². The number of nitriles is 2. The van der Waals surface area contributed by atoms with Gasteiger partial charge in [-0.3, -0.25) is 0 Å². The van der Waals surface area contributed by atoms with Gasteiger partial charge in [0.2, 0.25) is 0 Å². The Balaban J connectivity index is 2.39. The Kier molecular flexibility index (Phi) is 5.16. The van der Waals surface area contributed by atoms with E-state index in [4.69, 9.17) is 10.5 Å². The lowest BCUT2D eigenvalue weighted by Crippen LogP contribution is -2.48. The van der Waals surface area contributed by atoms with Crippen LogP contribution in [0.25, 0.3) is 17.2 Å². The fraction of sp³-hybridized carbons (Fsp3) is 0.300. The van der Waals surface area contributed by atoms with Crippen LogP contribution in [0.1, 0.15) is 30.6 Å². The third kappa shape index (κ3) is 2.98. The molecule has 0 unspecified atom stereocenters. The number of aryl methyl sites for hydroxylation is 3. The molecule has 30 heavy (non-hydrogen) atoms. The SMILES string of the molecule is Cc1cc(C2=C(c3cc(C=C(C#N)C#N)sc3C)C(F)(F)C(F)(F)C2(F)F)c(C)s1. The van der Waals surface area contributed by atoms with Gasteiger partial charge in [0.1, 0.15) is 17.7 Å². The van der Waals surface area contributed by atoms with Crippen molar-refractivity contribution in [2.45, 2.75) is 38.5 Å². The lowest BCUT2D eigenvalue weighted by molar-refractivity contribution is -0.254. The predicted octanol–water partition coefficient (Wildman–Crippen LogP) is 7.00. The number of hydrogen-bond donors (Lipinski definition) is 0. The molecule has 10 heteroatoms. The van der Waals surface area contributed by atoms with E-state index in [9.17, 15) is 26.3 Å². The second-order valence-corrected chi connectivity index (χ2v) is 9.45. The van der Waals surface area contributed by atoms with Crippen LogP contribution >= 0.6 is 22.7 Å². The van der Waals surface area contributed by atoms with E-state index in [0.717, 1.165) is 34.8 Å². The number of halogens is 6. The Morgan fingerprint density at radius 3 is 1.73 bits per heavy atom. The lowest BCUT2D eigenvalue weighted by atomic mass is 9.95. The molecule has 2 nitrogen and oxygen atoms in total. The van der Waals surface area contributed by atoms with Gasteiger partial charge in [0.15, 0.2) is 0 Å². The summed E-state index contributed by atoms with van der Waals surface area (Å²) < 4.78 is 87.9. The summed E-state index contributed by atoms with van der Waals surface area (Å²) >= 11 is 1.88. The monoisotopic (exact) mass is 458 g/mol. The summed E-state index contributed by atoms with van der Waals surface area (Å²) in [6, 6.07) is 5.42. The van der Waals surface area contributed by atoms with Gasteiger partial charge in [-0.15, -0.1) is 22.7 Å². The highest BCUT2D eigenvalue weighted by atomic mass is 32.1. The van der Waals surface area contributed by atoms with Gasteiger partial charge < -0.3 is 0 Å². The van der Waals surface area contributed by atoms with Crippen molar-refractivity contribution >= 4 is 39.9 Å². The molecular weight excluding hydrogens is 446 g/mol. The second-order valence-electron chi connectivity index (χ2n) is 6.70. The fourth-order valence-corrected chi connectivity index (χ4v) is 5.28. The van der Waals surface area contributed by atoms with Crippen LogP contribution in [0, 0.1) is 43.4 Å². The van der Waals surface area contributed by atoms with E-state index in [1.807, 2.05) is 0 Å². The van der Waals surface area contributed by atoms with E-state index in [2.05, 4.69) is 0 Å². The molecule has 0 N–H and O–H groups in total. The summed E-state index contributed by atoms with van der Waals surface area (Å²) in [5.74, 6) is -15.9. The molecule has 2 heterocycles. The van der Waals surface area contributed by atoms with E-state index in [1.165, 1.54) is 19.9 Å². The molecule has 0 aliphatic heterocycles. The molecule has 3 rings (SSSR count). The number of rotatable bonds is 3. The van der Waals surface area contributed by atoms with Gasteiger partial charge in [-0.1, -0.05) is 0 Å². The van der Waals surface area contributed by atoms with Crippen LogP contribution in [-0.2, 0) is 0 Å². The van der Waals surface area contributed by atoms with Crippen molar-refractivity contribution in [2.24, 2.45) is 0 Å². The molecule has 2 aromatic heterocycles. The van der Waals surface area contributed by atoms with Crippen LogP contribution in [0.4, 0.5) is 26.3 Å². The predicted molar refractivity (Wildman–Crippen MR) is 104 cm³/mol. The first-order chi connectivity index (χ1) is 13.8. The average Bonchev–Trinajstić information content (AvgIpc) is 3.19. The minimum atomic E-state index is -5.62. The van der Waals surface area contributed by atoms with Crippen LogP contribution in [0.5, 0.6) is 0 Å². The molecule has 0 saturated carbocycles. The summed E-state index contributed by atoms with van der Waals surface area (Å²) in [7, 11) is 0. The zero-order valence-corrected chi connectivity index (χ0v) is 17.3. The Morgan fingerprint density at radius 2 is 1.30 bits per heavy atom. The van der Waals surface area contributed by atoms with Gasteiger partial charge >= 0.3 is 17.8 Å². The number of thiophene rings is 2. The van der Waals surface area contributed by atoms with Gasteiger partial charge in [-0.2, -0.15) is 36.9 Å². The molecule has 0 saturated heterocycles. The third-order valence-corrected chi connectivity index (χ3v) is 6.67. The zero-order valence-electron chi connectivity index (χ0n) is 15.7. The van der Waals surface area contributed by atoms with Crippen molar-refractivity contribution in [1.82, 2.24) is 0 Å². The summed E-state index contributed by atoms with van der Waals surface area (Å²) in [6.45, 7) is 4.30. The summed E-state index contributed by atoms with van der Waals surface area (Å²) in [4.78, 5) is 0.959. The first kappa shape index (κ1) is 22.1. The lowest BCUT2D eigenvalue weighted by Gasteiger charge is -2.25. The molecule has 0 amide bonds. The van der Waals surface area contributed by atoms with E-state index < -0.39 is 34.5 Å². The molecule has 1 aliphatic carbocycles. The topological polar surface area (TPSA) is 47.6 Å². The number of alkyl halides is 6. The maximum atomic E-state index is 14.8. The molecule has 2 aromatic rings. The molecule has 0 spiro atoms. The van der Waals surface area contributed by atoms with Crippen molar-refractivity contribution in [3.8, 4) is 12.1 Å². The highest BCUT2D eigenvalue weighted by Crippen LogP contribution is 2.65. The number of allylic oxidation sites excluding steroid dienone is 3. The Morgan fingerprint density at radius 1 is 0.833 bits per heavy atom. The van der Waals surface area contributed by atoms with Crippen molar-refractivity contribution in [3.05, 3.63) is 48.3 Å². The van der Waals surface area contributed by atoms with Crippen LogP contribution in [0.15, 0.2) is 17.7 Å². The van der Waals surface area contributed by atoms with Gasteiger partial charge in [0.25, 0.3) is 0 Å². The van der Waals surface area contributed by atoms with Crippen LogP contribution in [-0.4, -0.2) is 17.8 Å². The maximum absolute atomic E-state index is 14.8. The summed E-state index contributed by atoms with van der Waals surface area (Å²) in [5, 5.41) is 17.7. The molecule has 0 atom stereocenters. The standard InChI is InChI=1S/C20H12F6N2S2/c1-9-4-14(10(2)29-9)16-17(19(23,24)20(25,26)18(16,21)22)15-6-13(30-11(15)3)5-12(7-27)8-28/h4-6H,1-3H3. The van der Waals surface area contributed by atoms with E-state index in [-0.39, 0.29) is 25.8 Å². The van der Waals surface area contributed by atoms with E-state index in [1.54, 1.807) is 19.1 Å². The Bertz CT molecular complexity index is 1170. The number of nitrogens with zero attached hydrogens (tertiary/aromatic N) is 2. The van der Waals surface area contributed by atoms with Gasteiger partial charge in [0.05, 0.1) is 0 Å². The molecular formula is C20H12F6N2S2. The Hall–Kier alpha value is -2.56. The van der Waals surface area contributed by atoms with Crippen LogP contribution in [0.3, 0.4) is 0 Å². The average molecular weight is 458 g/mol. The minimum absolute atomic E-state index is 0.0850. The normalized spacial score (nSPS) is 18.8. The van der Waals surface area contributed by atoms with Crippen LogP contribution < -0.4 is 0 Å². The highest BCUT2D eigenvalue weighted by Gasteiger charge is 2.80. The largest absolute Gasteiger partial charge is 0.380 e. The van der Waals surface area contributed by atoms with Gasteiger partial charge in [0, 0.05) is 30.7 Å². The van der Waals surface area contributed by atoms with Gasteiger partial charge in [-0.05, 0) is 50.1 Å². The van der Waals surface area contributed by atoms with Crippen molar-refractivity contribution in [1.29, 1.82) is 10.5 Å². The first-order valence-electron chi connectivity index (χ1n) is 8.38. The quantitative estimate of drug-likeness (QED) is 0.367. The smallest absolute Gasteiger partial charge is 0.194 e. The Labute approximate surface area is 176 Å². The van der Waals surface area contributed by atoms with Crippen molar-refractivity contribution in [3.63, 3.8) is 0 Å². The third-order valence-electron chi connectivity index (χ3n) is 4.71. The zero-order chi connectivity index (χ0) is 22.6. The van der Waals surface area contributed by atoms with Crippen molar-refractivity contribution in [2.75, 3.05) is 0 Å². The summed E-state index contributed by atoms with van der Waals surface area (Å²) in [6.07, 6.45) is 1.09. The molecule has 156 valence electrons. The molecule has 0 radical (unpaired) electrons. The molecule has 0 aromatic carbocycles. The second kappa shape index (κ2) is 7.00. The van der Waals surface area contributed by atoms with Crippen molar-refractivity contribution < 1.29 is 26.3 Å². The first-order valence-corrected chi connectivity index (χ1v) is 10.0. The molecule has 0 fully saturated rings. The minimum Gasteiger partial charge on any atom is -0.194 e. The van der Waals surface area contributed by atoms with E-state index in [0.29, 0.717) is 4.88 Å². The fourth-order valence-electron chi connectivity index (χ4n) is 3.37. The highest BCUT2D eigenvalue weighted by molar-refractivity contribution is 7.13. The summed E-state index contributed by atoms with van der Waals surface area (Å²) in [5.41, 5.74) is -3.96. The van der Waals surface area contributed by atoms with Crippen LogP contribution in [0.2, 0.25) is 0 Å². The molecule has 0 bridgehead atoms. The van der Waals surface area contributed by atoms with Gasteiger partial charge in [-0.25, -0.2) is 0 Å². The maximum Gasteiger partial charge on any atom is 0.380 e.